The number of nitrogens with one attached hydrogen (secondary N) is 1. The predicted octanol–water partition coefficient (Wildman–Crippen LogP) is 2.73. The quantitative estimate of drug-likeness (QED) is 0.731. The number of aliphatic hydroxyl groups is 1. The molecule has 0 fully saturated rings. The van der Waals surface area contributed by atoms with Crippen LogP contribution in [0.25, 0.3) is 0 Å². The summed E-state index contributed by atoms with van der Waals surface area (Å²) < 4.78 is 11.4. The molecule has 0 saturated heterocycles. The first-order chi connectivity index (χ1) is 9.46. The van der Waals surface area contributed by atoms with Gasteiger partial charge in [0.2, 0.25) is 0 Å². The van der Waals surface area contributed by atoms with E-state index in [0.717, 1.165) is 36.6 Å². The van der Waals surface area contributed by atoms with Crippen molar-refractivity contribution < 1.29 is 14.6 Å². The van der Waals surface area contributed by atoms with Crippen molar-refractivity contribution in [2.75, 3.05) is 19.8 Å². The van der Waals surface area contributed by atoms with E-state index >= 15 is 0 Å². The molecule has 0 aliphatic rings. The summed E-state index contributed by atoms with van der Waals surface area (Å²) in [4.78, 5) is 0. The van der Waals surface area contributed by atoms with Crippen molar-refractivity contribution in [2.24, 2.45) is 0 Å². The highest BCUT2D eigenvalue weighted by Crippen LogP contribution is 2.26. The Bertz CT molecular complexity index is 399. The number of hydrogen-bond donors (Lipinski definition) is 2. The second kappa shape index (κ2) is 8.12. The largest absolute Gasteiger partial charge is 0.493 e. The van der Waals surface area contributed by atoms with Gasteiger partial charge < -0.3 is 19.9 Å². The summed E-state index contributed by atoms with van der Waals surface area (Å²) in [5.74, 6) is 1.57. The van der Waals surface area contributed by atoms with Gasteiger partial charge in [-0.3, -0.25) is 0 Å². The molecule has 0 radical (unpaired) electrons. The lowest BCUT2D eigenvalue weighted by atomic mass is 10.1. The number of hydrogen-bond acceptors (Lipinski definition) is 4. The maximum Gasteiger partial charge on any atom is 0.127 e. The zero-order valence-electron chi connectivity index (χ0n) is 13.0. The lowest BCUT2D eigenvalue weighted by molar-refractivity contribution is 0.0280. The smallest absolute Gasteiger partial charge is 0.127 e. The van der Waals surface area contributed by atoms with Crippen LogP contribution in [0.1, 0.15) is 39.7 Å². The van der Waals surface area contributed by atoms with Gasteiger partial charge in [-0.05, 0) is 32.9 Å². The van der Waals surface area contributed by atoms with E-state index in [0.29, 0.717) is 6.61 Å². The molecule has 0 bridgehead atoms. The van der Waals surface area contributed by atoms with E-state index in [1.165, 1.54) is 0 Å². The van der Waals surface area contributed by atoms with Gasteiger partial charge in [0.25, 0.3) is 0 Å². The van der Waals surface area contributed by atoms with Crippen molar-refractivity contribution >= 4 is 0 Å². The molecule has 1 aromatic rings. The van der Waals surface area contributed by atoms with Crippen LogP contribution in [0.3, 0.4) is 0 Å². The molecule has 0 amide bonds. The van der Waals surface area contributed by atoms with Gasteiger partial charge in [-0.2, -0.15) is 0 Å². The normalized spacial score (nSPS) is 11.4. The maximum atomic E-state index is 9.78. The van der Waals surface area contributed by atoms with E-state index in [2.05, 4.69) is 19.2 Å². The van der Waals surface area contributed by atoms with Crippen LogP contribution in [0.15, 0.2) is 18.2 Å². The van der Waals surface area contributed by atoms with Crippen molar-refractivity contribution in [1.29, 1.82) is 0 Å². The molecule has 2 N–H and O–H groups in total. The van der Waals surface area contributed by atoms with E-state index in [9.17, 15) is 5.11 Å². The van der Waals surface area contributed by atoms with Crippen LogP contribution in [0.5, 0.6) is 11.5 Å². The second-order valence-electron chi connectivity index (χ2n) is 5.50. The van der Waals surface area contributed by atoms with Crippen molar-refractivity contribution in [2.45, 2.75) is 46.3 Å². The fourth-order valence-corrected chi connectivity index (χ4v) is 1.64. The van der Waals surface area contributed by atoms with Gasteiger partial charge in [0.1, 0.15) is 18.1 Å². The highest BCUT2D eigenvalue weighted by atomic mass is 16.5. The molecule has 0 atom stereocenters. The van der Waals surface area contributed by atoms with Crippen molar-refractivity contribution in [3.63, 3.8) is 0 Å². The fraction of sp³-hybridized carbons (Fsp3) is 0.625. The van der Waals surface area contributed by atoms with Crippen LogP contribution in [0.2, 0.25) is 0 Å². The van der Waals surface area contributed by atoms with Crippen molar-refractivity contribution in [3.05, 3.63) is 23.8 Å². The number of rotatable bonds is 9. The molecule has 0 saturated carbocycles. The Labute approximate surface area is 122 Å². The van der Waals surface area contributed by atoms with Crippen LogP contribution in [0.4, 0.5) is 0 Å². The fourth-order valence-electron chi connectivity index (χ4n) is 1.64. The summed E-state index contributed by atoms with van der Waals surface area (Å²) in [6.07, 6.45) is 0.971. The van der Waals surface area contributed by atoms with Crippen molar-refractivity contribution in [3.8, 4) is 11.5 Å². The van der Waals surface area contributed by atoms with Gasteiger partial charge in [0.05, 0.1) is 12.2 Å². The monoisotopic (exact) mass is 281 g/mol. The molecular weight excluding hydrogens is 254 g/mol. The number of benzene rings is 1. The average molecular weight is 281 g/mol. The zero-order valence-corrected chi connectivity index (χ0v) is 13.0. The number of ether oxygens (including phenoxy) is 2. The lowest BCUT2D eigenvalue weighted by Gasteiger charge is -2.20. The molecule has 0 unspecified atom stereocenters. The first-order valence-corrected chi connectivity index (χ1v) is 7.28. The summed E-state index contributed by atoms with van der Waals surface area (Å²) in [5.41, 5.74) is 0.218. The molecule has 4 heteroatoms. The topological polar surface area (TPSA) is 50.7 Å². The van der Waals surface area contributed by atoms with Gasteiger partial charge in [-0.1, -0.05) is 19.9 Å². The Morgan fingerprint density at radius 3 is 2.55 bits per heavy atom. The zero-order chi connectivity index (χ0) is 15.0. The minimum atomic E-state index is -0.851. The Kier molecular flexibility index (Phi) is 6.82. The van der Waals surface area contributed by atoms with Gasteiger partial charge in [0.15, 0.2) is 0 Å². The van der Waals surface area contributed by atoms with Crippen LogP contribution in [0, 0.1) is 0 Å². The SMILES string of the molecule is CCCOc1ccc(CNCC)c(OCC(C)(C)O)c1. The van der Waals surface area contributed by atoms with Gasteiger partial charge in [-0.15, -0.1) is 0 Å². The van der Waals surface area contributed by atoms with Crippen molar-refractivity contribution in [1.82, 2.24) is 5.32 Å². The standard InChI is InChI=1S/C16H27NO3/c1-5-9-19-14-8-7-13(11-17-6-2)15(10-14)20-12-16(3,4)18/h7-8,10,17-18H,5-6,9,11-12H2,1-4H3. The molecule has 20 heavy (non-hydrogen) atoms. The van der Waals surface area contributed by atoms with E-state index in [4.69, 9.17) is 9.47 Å². The third-order valence-corrected chi connectivity index (χ3v) is 2.66. The predicted molar refractivity (Wildman–Crippen MR) is 81.4 cm³/mol. The Morgan fingerprint density at radius 1 is 1.20 bits per heavy atom. The van der Waals surface area contributed by atoms with E-state index in [-0.39, 0.29) is 6.61 Å². The Balaban J connectivity index is 2.81. The molecule has 1 aromatic carbocycles. The molecule has 0 aliphatic carbocycles. The molecule has 0 aliphatic heterocycles. The minimum Gasteiger partial charge on any atom is -0.493 e. The molecule has 0 aromatic heterocycles. The summed E-state index contributed by atoms with van der Waals surface area (Å²) in [6.45, 7) is 10.2. The van der Waals surface area contributed by atoms with E-state index in [1.807, 2.05) is 18.2 Å². The molecule has 0 spiro atoms. The summed E-state index contributed by atoms with van der Waals surface area (Å²) in [5, 5.41) is 13.1. The van der Waals surface area contributed by atoms with Crippen LogP contribution >= 0.6 is 0 Å². The molecule has 0 heterocycles. The summed E-state index contributed by atoms with van der Waals surface area (Å²) in [7, 11) is 0. The average Bonchev–Trinajstić information content (AvgIpc) is 2.40. The minimum absolute atomic E-state index is 0.253. The van der Waals surface area contributed by atoms with Crippen LogP contribution in [-0.4, -0.2) is 30.5 Å². The second-order valence-corrected chi connectivity index (χ2v) is 5.50. The molecular formula is C16H27NO3. The highest BCUT2D eigenvalue weighted by molar-refractivity contribution is 5.40. The van der Waals surface area contributed by atoms with Gasteiger partial charge >= 0.3 is 0 Å². The first kappa shape index (κ1) is 16.8. The molecule has 4 nitrogen and oxygen atoms in total. The van der Waals surface area contributed by atoms with Crippen LogP contribution in [-0.2, 0) is 6.54 Å². The third-order valence-electron chi connectivity index (χ3n) is 2.66. The van der Waals surface area contributed by atoms with Gasteiger partial charge in [-0.25, -0.2) is 0 Å². The lowest BCUT2D eigenvalue weighted by Crippen LogP contribution is -2.28. The summed E-state index contributed by atoms with van der Waals surface area (Å²) >= 11 is 0. The Hall–Kier alpha value is -1.26. The maximum absolute atomic E-state index is 9.78. The highest BCUT2D eigenvalue weighted by Gasteiger charge is 2.15. The molecule has 114 valence electrons. The summed E-state index contributed by atoms with van der Waals surface area (Å²) in [6, 6.07) is 5.86. The van der Waals surface area contributed by atoms with Crippen LogP contribution < -0.4 is 14.8 Å². The molecule has 1 rings (SSSR count). The van der Waals surface area contributed by atoms with E-state index in [1.54, 1.807) is 13.8 Å². The Morgan fingerprint density at radius 2 is 1.95 bits per heavy atom. The third kappa shape index (κ3) is 6.26. The van der Waals surface area contributed by atoms with Gasteiger partial charge in [0, 0.05) is 18.2 Å². The van der Waals surface area contributed by atoms with E-state index < -0.39 is 5.60 Å². The first-order valence-electron chi connectivity index (χ1n) is 7.28.